The van der Waals surface area contributed by atoms with Crippen molar-refractivity contribution in [3.05, 3.63) is 111 Å². The first-order chi connectivity index (χ1) is 27.5. The molecule has 2 atom stereocenters. The third-order valence-electron chi connectivity index (χ3n) is 10.0. The highest BCUT2D eigenvalue weighted by Gasteiger charge is 2.40. The summed E-state index contributed by atoms with van der Waals surface area (Å²) in [6.45, 7) is 3.17. The Morgan fingerprint density at radius 1 is 0.897 bits per heavy atom. The van der Waals surface area contributed by atoms with Gasteiger partial charge in [-0.1, -0.05) is 53.5 Å². The summed E-state index contributed by atoms with van der Waals surface area (Å²) in [7, 11) is 0.764. The summed E-state index contributed by atoms with van der Waals surface area (Å²) < 4.78 is 12.3. The molecule has 13 nitrogen and oxygen atoms in total. The standard InChI is InChI=1S/C36H34Cl2N4O2S.C6H8O7/c1-41(36(43)32-19-25(22-40)18-29-17-24(21-39)7-9-30(29)32)23-28(27-8-10-33(37)34(38)20-27)13-16-42-14-11-26(12-15-42)31-5-3-4-6-35(31)45(2)44;7-3(8)1-6(13,5(11)12)2-4(9)10/h3-10,17-20,26,28H,11-16,23H2,1-2H3;13H,1-2H2,(H,7,8)(H,9,10)(H,11,12)/t28-,45+;/m1./s1. The van der Waals surface area contributed by atoms with Crippen molar-refractivity contribution < 1.29 is 43.8 Å². The van der Waals surface area contributed by atoms with Crippen molar-refractivity contribution in [1.82, 2.24) is 9.80 Å². The molecule has 1 heterocycles. The molecule has 0 spiro atoms. The Bertz CT molecular complexity index is 2280. The summed E-state index contributed by atoms with van der Waals surface area (Å²) in [5.41, 5.74) is 0.734. The summed E-state index contributed by atoms with van der Waals surface area (Å²) in [6.07, 6.45) is 2.26. The lowest BCUT2D eigenvalue weighted by Crippen LogP contribution is -2.42. The number of carbonyl (C=O) groups excluding carboxylic acids is 1. The second-order valence-corrected chi connectivity index (χ2v) is 16.3. The van der Waals surface area contributed by atoms with Crippen LogP contribution in [-0.2, 0) is 25.2 Å². The van der Waals surface area contributed by atoms with Gasteiger partial charge in [0.2, 0.25) is 0 Å². The molecule has 0 radical (unpaired) electrons. The maximum Gasteiger partial charge on any atom is 0.336 e. The van der Waals surface area contributed by atoms with Gasteiger partial charge < -0.3 is 30.2 Å². The van der Waals surface area contributed by atoms with Crippen LogP contribution in [0.15, 0.2) is 77.7 Å². The largest absolute Gasteiger partial charge is 0.481 e. The molecule has 1 aliphatic heterocycles. The van der Waals surface area contributed by atoms with Crippen LogP contribution in [0, 0.1) is 22.7 Å². The van der Waals surface area contributed by atoms with Crippen LogP contribution >= 0.6 is 23.2 Å². The smallest absolute Gasteiger partial charge is 0.336 e. The van der Waals surface area contributed by atoms with Gasteiger partial charge in [0.15, 0.2) is 5.60 Å². The number of aliphatic hydroxyl groups is 1. The molecule has 58 heavy (non-hydrogen) atoms. The van der Waals surface area contributed by atoms with Crippen LogP contribution in [-0.4, -0.2) is 103 Å². The summed E-state index contributed by atoms with van der Waals surface area (Å²) in [6, 6.07) is 26.5. The molecule has 1 aliphatic rings. The predicted octanol–water partition coefficient (Wildman–Crippen LogP) is 6.50. The Labute approximate surface area is 348 Å². The van der Waals surface area contributed by atoms with E-state index in [1.165, 1.54) is 5.56 Å². The van der Waals surface area contributed by atoms with E-state index in [9.17, 15) is 33.9 Å². The zero-order valence-electron chi connectivity index (χ0n) is 31.7. The minimum absolute atomic E-state index is 0.00900. The number of piperidine rings is 1. The first-order valence-corrected chi connectivity index (χ1v) is 20.4. The number of carbonyl (C=O) groups is 4. The molecule has 4 aromatic rings. The summed E-state index contributed by atoms with van der Waals surface area (Å²) in [5, 5.41) is 55.1. The van der Waals surface area contributed by atoms with Crippen LogP contribution < -0.4 is 0 Å². The van der Waals surface area contributed by atoms with E-state index in [0.717, 1.165) is 49.4 Å². The molecule has 4 aromatic carbocycles. The first-order valence-electron chi connectivity index (χ1n) is 18.1. The molecule has 0 saturated carbocycles. The van der Waals surface area contributed by atoms with Crippen LogP contribution in [0.4, 0.5) is 0 Å². The Morgan fingerprint density at radius 3 is 2.09 bits per heavy atom. The third kappa shape index (κ3) is 11.8. The number of fused-ring (bicyclic) bond motifs is 1. The molecule has 0 aliphatic carbocycles. The summed E-state index contributed by atoms with van der Waals surface area (Å²) in [5.74, 6) is -4.83. The van der Waals surface area contributed by atoms with Crippen LogP contribution in [0.2, 0.25) is 10.0 Å². The topological polar surface area (TPSA) is 220 Å². The number of likely N-dealkylation sites (tertiary alicyclic amines) is 1. The molecule has 5 rings (SSSR count). The lowest BCUT2D eigenvalue weighted by Gasteiger charge is -2.34. The predicted molar refractivity (Wildman–Crippen MR) is 218 cm³/mol. The van der Waals surface area contributed by atoms with Crippen molar-refractivity contribution in [1.29, 1.82) is 10.5 Å². The number of halogens is 2. The molecule has 4 N–H and O–H groups in total. The molecule has 1 amide bonds. The minimum Gasteiger partial charge on any atom is -0.481 e. The van der Waals surface area contributed by atoms with Gasteiger partial charge in [-0.05, 0) is 109 Å². The van der Waals surface area contributed by atoms with Crippen LogP contribution in [0.25, 0.3) is 10.8 Å². The van der Waals surface area contributed by atoms with E-state index >= 15 is 0 Å². The Hall–Kier alpha value is -5.35. The Balaban J connectivity index is 0.000000492. The Morgan fingerprint density at radius 2 is 1.52 bits per heavy atom. The van der Waals surface area contributed by atoms with Crippen molar-refractivity contribution >= 4 is 68.6 Å². The van der Waals surface area contributed by atoms with Gasteiger partial charge in [-0.3, -0.25) is 18.6 Å². The molecule has 0 aromatic heterocycles. The van der Waals surface area contributed by atoms with Crippen molar-refractivity contribution in [2.75, 3.05) is 39.5 Å². The van der Waals surface area contributed by atoms with E-state index in [4.69, 9.17) is 43.6 Å². The first kappa shape index (κ1) is 45.4. The number of nitriles is 2. The zero-order valence-corrected chi connectivity index (χ0v) is 34.1. The summed E-state index contributed by atoms with van der Waals surface area (Å²) >= 11 is 12.7. The quantitative estimate of drug-likeness (QED) is 0.107. The molecule has 16 heteroatoms. The maximum atomic E-state index is 13.9. The van der Waals surface area contributed by atoms with Gasteiger partial charge in [-0.2, -0.15) is 10.5 Å². The number of rotatable bonds is 14. The van der Waals surface area contributed by atoms with E-state index in [1.807, 2.05) is 30.3 Å². The molecule has 1 saturated heterocycles. The van der Waals surface area contributed by atoms with Gasteiger partial charge in [-0.15, -0.1) is 0 Å². The van der Waals surface area contributed by atoms with Crippen molar-refractivity contribution in [2.45, 2.75) is 54.4 Å². The number of benzene rings is 4. The highest BCUT2D eigenvalue weighted by molar-refractivity contribution is 7.84. The number of hydrogen-bond donors (Lipinski definition) is 4. The number of hydrogen-bond acceptors (Lipinski definition) is 9. The fourth-order valence-corrected chi connectivity index (χ4v) is 8.17. The van der Waals surface area contributed by atoms with E-state index in [-0.39, 0.29) is 11.8 Å². The number of carboxylic acid groups (broad SMARTS) is 3. The average Bonchev–Trinajstić information content (AvgIpc) is 3.19. The lowest BCUT2D eigenvalue weighted by molar-refractivity contribution is -0.170. The minimum atomic E-state index is -2.74. The normalized spacial score (nSPS) is 14.3. The summed E-state index contributed by atoms with van der Waals surface area (Å²) in [4.78, 5) is 49.5. The zero-order chi connectivity index (χ0) is 42.7. The SMILES string of the molecule is CN(C[C@@H](CCN1CCC(c2ccccc2[S@](C)=O)CC1)c1ccc(Cl)c(Cl)c1)C(=O)c1cc(C#N)cc2cc(C#N)ccc12.O=C(O)CC(O)(CC(=O)O)C(=O)O. The number of likely N-dealkylation sites (N-methyl/N-ethyl adjacent to an activating group) is 1. The van der Waals surface area contributed by atoms with E-state index in [0.29, 0.717) is 50.0 Å². The van der Waals surface area contributed by atoms with E-state index in [2.05, 4.69) is 23.1 Å². The van der Waals surface area contributed by atoms with Crippen LogP contribution in [0.1, 0.15) is 76.6 Å². The van der Waals surface area contributed by atoms with Crippen molar-refractivity contribution in [3.63, 3.8) is 0 Å². The highest BCUT2D eigenvalue weighted by Crippen LogP contribution is 2.34. The van der Waals surface area contributed by atoms with Crippen molar-refractivity contribution in [3.8, 4) is 12.1 Å². The van der Waals surface area contributed by atoms with Crippen LogP contribution in [0.3, 0.4) is 0 Å². The molecular formula is C42H42Cl2N4O9S. The second-order valence-electron chi connectivity index (χ2n) is 14.1. The average molecular weight is 850 g/mol. The van der Waals surface area contributed by atoms with Crippen molar-refractivity contribution in [2.24, 2.45) is 0 Å². The second kappa shape index (κ2) is 20.4. The van der Waals surface area contributed by atoms with Gasteiger partial charge in [0, 0.05) is 36.2 Å². The van der Waals surface area contributed by atoms with Gasteiger partial charge >= 0.3 is 17.9 Å². The number of nitrogens with zero attached hydrogens (tertiary/aromatic N) is 4. The van der Waals surface area contributed by atoms with E-state index < -0.39 is 47.2 Å². The number of carboxylic acids is 3. The molecule has 0 unspecified atom stereocenters. The van der Waals surface area contributed by atoms with Gasteiger partial charge in [0.25, 0.3) is 5.91 Å². The van der Waals surface area contributed by atoms with Gasteiger partial charge in [0.1, 0.15) is 0 Å². The van der Waals surface area contributed by atoms with Crippen LogP contribution in [0.5, 0.6) is 0 Å². The fraction of sp³-hybridized carbons (Fsp3) is 0.333. The fourth-order valence-electron chi connectivity index (χ4n) is 7.03. The maximum absolute atomic E-state index is 13.9. The lowest BCUT2D eigenvalue weighted by atomic mass is 9.88. The molecule has 1 fully saturated rings. The third-order valence-corrected chi connectivity index (χ3v) is 11.8. The number of aliphatic carboxylic acids is 3. The Kier molecular flexibility index (Phi) is 15.9. The monoisotopic (exact) mass is 848 g/mol. The molecular weight excluding hydrogens is 807 g/mol. The number of amides is 1. The van der Waals surface area contributed by atoms with Gasteiger partial charge in [0.05, 0.1) is 57.0 Å². The molecule has 0 bridgehead atoms. The highest BCUT2D eigenvalue weighted by atomic mass is 35.5. The van der Waals surface area contributed by atoms with Gasteiger partial charge in [-0.25, -0.2) is 4.79 Å². The van der Waals surface area contributed by atoms with E-state index in [1.54, 1.807) is 54.6 Å². The molecule has 304 valence electrons.